The highest BCUT2D eigenvalue weighted by Crippen LogP contribution is 2.45. The number of aliphatic hydroxyl groups excluding tert-OH is 1. The number of hydrogen-bond acceptors (Lipinski definition) is 9. The van der Waals surface area contributed by atoms with Crippen LogP contribution in [0.1, 0.15) is 45.7 Å². The highest BCUT2D eigenvalue weighted by Gasteiger charge is 2.49. The van der Waals surface area contributed by atoms with Gasteiger partial charge in [-0.05, 0) is 44.4 Å². The zero-order valence-corrected chi connectivity index (χ0v) is 20.4. The number of nitrogens with zero attached hydrogens (tertiary/aromatic N) is 2. The summed E-state index contributed by atoms with van der Waals surface area (Å²) < 4.78 is 10.6. The second-order valence-electron chi connectivity index (χ2n) is 7.28. The van der Waals surface area contributed by atoms with Crippen molar-refractivity contribution < 1.29 is 29.0 Å². The molecule has 4 rings (SSSR count). The van der Waals surface area contributed by atoms with Crippen LogP contribution in [0.5, 0.6) is 5.75 Å². The van der Waals surface area contributed by atoms with E-state index in [1.165, 1.54) is 16.2 Å². The van der Waals surface area contributed by atoms with Gasteiger partial charge in [0.25, 0.3) is 5.78 Å². The van der Waals surface area contributed by atoms with Gasteiger partial charge in [-0.1, -0.05) is 29.5 Å². The molecule has 0 spiro atoms. The number of Topliss-reactive ketones (excluding diaryl/α,β-unsaturated/α-hetero) is 1. The summed E-state index contributed by atoms with van der Waals surface area (Å²) >= 11 is 2.32. The van der Waals surface area contributed by atoms with E-state index in [-0.39, 0.29) is 27.9 Å². The van der Waals surface area contributed by atoms with Crippen LogP contribution in [0.3, 0.4) is 0 Å². The summed E-state index contributed by atoms with van der Waals surface area (Å²) in [5.41, 5.74) is 0.703. The predicted octanol–water partition coefficient (Wildman–Crippen LogP) is 4.71. The fraction of sp³-hybridized carbons (Fsp3) is 0.250. The van der Waals surface area contributed by atoms with Gasteiger partial charge in [0.2, 0.25) is 0 Å². The van der Waals surface area contributed by atoms with Crippen LogP contribution in [0.2, 0.25) is 0 Å². The summed E-state index contributed by atoms with van der Waals surface area (Å²) in [6.07, 6.45) is 0. The Hall–Kier alpha value is -3.50. The van der Waals surface area contributed by atoms with E-state index >= 15 is 0 Å². The predicted molar refractivity (Wildman–Crippen MR) is 130 cm³/mol. The molecule has 1 unspecified atom stereocenters. The number of carbonyl (C=O) groups is 3. The van der Waals surface area contributed by atoms with E-state index in [2.05, 4.69) is 4.98 Å². The first-order valence-electron chi connectivity index (χ1n) is 10.6. The minimum Gasteiger partial charge on any atom is -0.507 e. The largest absolute Gasteiger partial charge is 0.507 e. The number of anilines is 1. The monoisotopic (exact) mass is 498 g/mol. The Morgan fingerprint density at radius 1 is 1.18 bits per heavy atom. The first-order valence-corrected chi connectivity index (χ1v) is 12.3. The Balaban J connectivity index is 1.86. The van der Waals surface area contributed by atoms with Gasteiger partial charge in [0.15, 0.2) is 5.13 Å². The zero-order chi connectivity index (χ0) is 24.4. The van der Waals surface area contributed by atoms with Gasteiger partial charge in [0.1, 0.15) is 22.4 Å². The molecule has 1 atom stereocenters. The second-order valence-corrected chi connectivity index (χ2v) is 9.23. The molecule has 1 fully saturated rings. The van der Waals surface area contributed by atoms with Crippen LogP contribution in [0.15, 0.2) is 47.4 Å². The first kappa shape index (κ1) is 23.7. The summed E-state index contributed by atoms with van der Waals surface area (Å²) in [5, 5.41) is 13.2. The number of aliphatic hydroxyl groups is 1. The number of hydrogen-bond donors (Lipinski definition) is 1. The van der Waals surface area contributed by atoms with Crippen molar-refractivity contribution in [2.45, 2.75) is 26.8 Å². The average molecular weight is 499 g/mol. The van der Waals surface area contributed by atoms with Gasteiger partial charge in [0.05, 0.1) is 24.5 Å². The van der Waals surface area contributed by atoms with E-state index in [0.717, 1.165) is 11.3 Å². The van der Waals surface area contributed by atoms with Gasteiger partial charge < -0.3 is 14.6 Å². The van der Waals surface area contributed by atoms with Crippen LogP contribution in [0.25, 0.3) is 5.76 Å². The number of ether oxygens (including phenoxy) is 2. The average Bonchev–Trinajstić information content (AvgIpc) is 3.53. The molecule has 1 saturated heterocycles. The van der Waals surface area contributed by atoms with Crippen molar-refractivity contribution in [3.05, 3.63) is 68.4 Å². The normalized spacial score (nSPS) is 17.3. The highest BCUT2D eigenvalue weighted by atomic mass is 32.1. The Labute approximate surface area is 204 Å². The summed E-state index contributed by atoms with van der Waals surface area (Å²) in [4.78, 5) is 45.3. The standard InChI is InChI=1S/C24H22N2O6S2/c1-4-31-15-9-6-8-14(12-15)19(27)17-18(16-10-7-11-33-16)26(22(29)20(17)28)24-25-13(3)21(34-24)23(30)32-5-2/h6-12,18,27H,4-5H2,1-3H3/b19-17+. The second kappa shape index (κ2) is 9.78. The molecular weight excluding hydrogens is 476 g/mol. The van der Waals surface area contributed by atoms with Crippen molar-refractivity contribution in [1.82, 2.24) is 4.98 Å². The van der Waals surface area contributed by atoms with Crippen LogP contribution in [0.4, 0.5) is 5.13 Å². The van der Waals surface area contributed by atoms with Crippen LogP contribution >= 0.6 is 22.7 Å². The lowest BCUT2D eigenvalue weighted by molar-refractivity contribution is -0.132. The van der Waals surface area contributed by atoms with Gasteiger partial charge in [-0.2, -0.15) is 0 Å². The van der Waals surface area contributed by atoms with Crippen LogP contribution in [0, 0.1) is 6.92 Å². The number of thiazole rings is 1. The minimum atomic E-state index is -0.892. The molecular formula is C24H22N2O6S2. The molecule has 1 N–H and O–H groups in total. The summed E-state index contributed by atoms with van der Waals surface area (Å²) in [6, 6.07) is 9.39. The lowest BCUT2D eigenvalue weighted by atomic mass is 10.00. The van der Waals surface area contributed by atoms with E-state index in [0.29, 0.717) is 28.5 Å². The fourth-order valence-electron chi connectivity index (χ4n) is 3.67. The Kier molecular flexibility index (Phi) is 6.80. The lowest BCUT2D eigenvalue weighted by Crippen LogP contribution is -2.29. The van der Waals surface area contributed by atoms with E-state index in [1.807, 2.05) is 12.3 Å². The van der Waals surface area contributed by atoms with Crippen molar-refractivity contribution >= 4 is 51.2 Å². The SMILES string of the molecule is CCOC(=O)c1sc(N2C(=O)C(=O)/C(=C(/O)c3cccc(OCC)c3)C2c2cccs2)nc1C. The maximum Gasteiger partial charge on any atom is 0.350 e. The number of rotatable bonds is 7. The highest BCUT2D eigenvalue weighted by molar-refractivity contribution is 7.18. The summed E-state index contributed by atoms with van der Waals surface area (Å²) in [6.45, 7) is 5.82. The fourth-order valence-corrected chi connectivity index (χ4v) is 5.48. The molecule has 0 aliphatic carbocycles. The lowest BCUT2D eigenvalue weighted by Gasteiger charge is -2.21. The van der Waals surface area contributed by atoms with E-state index < -0.39 is 23.7 Å². The molecule has 0 radical (unpaired) electrons. The summed E-state index contributed by atoms with van der Waals surface area (Å²) in [5.74, 6) is -1.98. The van der Waals surface area contributed by atoms with E-state index in [4.69, 9.17) is 9.47 Å². The topological polar surface area (TPSA) is 106 Å². The van der Waals surface area contributed by atoms with Crippen molar-refractivity contribution in [2.24, 2.45) is 0 Å². The molecule has 34 heavy (non-hydrogen) atoms. The molecule has 0 bridgehead atoms. The number of thiophene rings is 1. The number of ketones is 1. The maximum atomic E-state index is 13.2. The van der Waals surface area contributed by atoms with Gasteiger partial charge in [-0.15, -0.1) is 11.3 Å². The number of carbonyl (C=O) groups excluding carboxylic acids is 3. The Morgan fingerprint density at radius 2 is 1.97 bits per heavy atom. The van der Waals surface area contributed by atoms with Gasteiger partial charge >= 0.3 is 11.9 Å². The van der Waals surface area contributed by atoms with Gasteiger partial charge in [-0.3, -0.25) is 14.5 Å². The Morgan fingerprint density at radius 3 is 2.65 bits per heavy atom. The maximum absolute atomic E-state index is 13.2. The van der Waals surface area contributed by atoms with Crippen molar-refractivity contribution in [3.63, 3.8) is 0 Å². The zero-order valence-electron chi connectivity index (χ0n) is 18.7. The molecule has 10 heteroatoms. The molecule has 2 aromatic heterocycles. The Bertz CT molecular complexity index is 1280. The summed E-state index contributed by atoms with van der Waals surface area (Å²) in [7, 11) is 0. The number of amides is 1. The number of benzene rings is 1. The minimum absolute atomic E-state index is 0.0494. The smallest absolute Gasteiger partial charge is 0.350 e. The third kappa shape index (κ3) is 4.22. The quantitative estimate of drug-likeness (QED) is 0.218. The van der Waals surface area contributed by atoms with Crippen molar-refractivity contribution in [3.8, 4) is 5.75 Å². The van der Waals surface area contributed by atoms with Gasteiger partial charge in [0, 0.05) is 10.4 Å². The van der Waals surface area contributed by atoms with Crippen LogP contribution in [-0.2, 0) is 14.3 Å². The molecule has 1 amide bonds. The third-order valence-electron chi connectivity index (χ3n) is 5.13. The number of aromatic nitrogens is 1. The molecule has 1 aliphatic heterocycles. The third-order valence-corrected chi connectivity index (χ3v) is 7.19. The molecule has 0 saturated carbocycles. The number of esters is 1. The van der Waals surface area contributed by atoms with Crippen LogP contribution in [-0.4, -0.2) is 41.0 Å². The molecule has 3 aromatic rings. The molecule has 1 aliphatic rings. The van der Waals surface area contributed by atoms with Gasteiger partial charge in [-0.25, -0.2) is 9.78 Å². The molecule has 1 aromatic carbocycles. The van der Waals surface area contributed by atoms with Crippen molar-refractivity contribution in [1.29, 1.82) is 0 Å². The molecule has 176 valence electrons. The van der Waals surface area contributed by atoms with E-state index in [9.17, 15) is 19.5 Å². The first-order chi connectivity index (χ1) is 16.4. The number of aryl methyl sites for hydroxylation is 1. The van der Waals surface area contributed by atoms with E-state index in [1.54, 1.807) is 50.2 Å². The van der Waals surface area contributed by atoms with Crippen molar-refractivity contribution in [2.75, 3.05) is 18.1 Å². The van der Waals surface area contributed by atoms with Crippen LogP contribution < -0.4 is 9.64 Å². The molecule has 3 heterocycles. The molecule has 8 nitrogen and oxygen atoms in total.